The number of fused-ring (bicyclic) bond motifs is 2. The van der Waals surface area contributed by atoms with Crippen molar-refractivity contribution >= 4 is 22.5 Å². The number of carbonyl (C=O) groups is 1. The number of benzene rings is 2. The zero-order chi connectivity index (χ0) is 20.2. The highest BCUT2D eigenvalue weighted by Crippen LogP contribution is 2.51. The van der Waals surface area contributed by atoms with E-state index in [1.807, 2.05) is 36.4 Å². The number of H-pyrrole nitrogens is 1. The number of amides is 1. The van der Waals surface area contributed by atoms with Crippen LogP contribution in [0.5, 0.6) is 11.5 Å². The summed E-state index contributed by atoms with van der Waals surface area (Å²) < 4.78 is 10.9. The van der Waals surface area contributed by atoms with Crippen LogP contribution in [-0.2, 0) is 15.6 Å². The first-order chi connectivity index (χ1) is 13.9. The molecular formula is C23H29N3O3. The zero-order valence-electron chi connectivity index (χ0n) is 16.7. The van der Waals surface area contributed by atoms with Crippen molar-refractivity contribution in [1.29, 1.82) is 0 Å². The van der Waals surface area contributed by atoms with Gasteiger partial charge in [0.1, 0.15) is 0 Å². The quantitative estimate of drug-likeness (QED) is 0.601. The Hall–Kier alpha value is -2.99. The van der Waals surface area contributed by atoms with E-state index >= 15 is 0 Å². The van der Waals surface area contributed by atoms with Crippen molar-refractivity contribution in [3.05, 3.63) is 53.7 Å². The molecule has 0 bridgehead atoms. The number of carbonyl (C=O) groups excluding carboxylic acids is 1. The lowest BCUT2D eigenvalue weighted by Crippen LogP contribution is -2.28. The number of ether oxygens (including phenoxy) is 2. The highest BCUT2D eigenvalue weighted by Gasteiger charge is 2.51. The minimum atomic E-state index is -0.485. The summed E-state index contributed by atoms with van der Waals surface area (Å²) in [4.78, 5) is 16.6. The molecule has 1 amide bonds. The van der Waals surface area contributed by atoms with Gasteiger partial charge in [0.05, 0.1) is 5.41 Å². The number of aromatic nitrogens is 1. The Kier molecular flexibility index (Phi) is 3.90. The van der Waals surface area contributed by atoms with Gasteiger partial charge in [-0.1, -0.05) is 19.9 Å². The lowest BCUT2D eigenvalue weighted by Gasteiger charge is -2.20. The van der Waals surface area contributed by atoms with Crippen LogP contribution in [0.4, 0.5) is 5.69 Å². The second kappa shape index (κ2) is 6.26. The van der Waals surface area contributed by atoms with E-state index in [1.54, 1.807) is 0 Å². The van der Waals surface area contributed by atoms with Crippen molar-refractivity contribution in [3.63, 3.8) is 0 Å². The van der Waals surface area contributed by atoms with Gasteiger partial charge in [-0.25, -0.2) is 0 Å². The molecule has 2 heterocycles. The lowest BCUT2D eigenvalue weighted by molar-refractivity contribution is -0.118. The van der Waals surface area contributed by atoms with E-state index in [4.69, 9.17) is 15.2 Å². The van der Waals surface area contributed by atoms with Gasteiger partial charge in [-0.2, -0.15) is 0 Å². The zero-order valence-corrected chi connectivity index (χ0v) is 16.7. The Bertz CT molecular complexity index is 1120. The van der Waals surface area contributed by atoms with Crippen molar-refractivity contribution in [2.24, 2.45) is 5.73 Å². The molecule has 1 aliphatic carbocycles. The van der Waals surface area contributed by atoms with Crippen LogP contribution in [-0.4, -0.2) is 24.2 Å². The lowest BCUT2D eigenvalue weighted by atomic mass is 9.90. The molecule has 0 spiro atoms. The predicted octanol–water partition coefficient (Wildman–Crippen LogP) is 4.30. The molecule has 0 radical (unpaired) electrons. The first kappa shape index (κ1) is 18.1. The fourth-order valence-electron chi connectivity index (χ4n) is 3.90. The predicted molar refractivity (Wildman–Crippen MR) is 117 cm³/mol. The maximum atomic E-state index is 13.1. The third kappa shape index (κ3) is 2.95. The maximum Gasteiger partial charge on any atom is 0.235 e. The number of aromatic amines is 1. The average Bonchev–Trinajstić information content (AvgIpc) is 3.20. The van der Waals surface area contributed by atoms with Gasteiger partial charge in [-0.05, 0) is 54.8 Å². The fraction of sp³-hybridized carbons (Fsp3) is 0.348. The summed E-state index contributed by atoms with van der Waals surface area (Å²) in [6, 6.07) is 13.9. The van der Waals surface area contributed by atoms with Gasteiger partial charge >= 0.3 is 0 Å². The van der Waals surface area contributed by atoms with Gasteiger partial charge in [0.15, 0.2) is 11.5 Å². The molecule has 0 saturated heterocycles. The van der Waals surface area contributed by atoms with Crippen molar-refractivity contribution in [3.8, 4) is 11.5 Å². The van der Waals surface area contributed by atoms with E-state index < -0.39 is 5.41 Å². The van der Waals surface area contributed by atoms with E-state index in [1.165, 1.54) is 0 Å². The number of nitrogens with two attached hydrogens (primary N) is 1. The minimum absolute atomic E-state index is 0. The number of nitrogens with one attached hydrogen (secondary N) is 2. The van der Waals surface area contributed by atoms with Gasteiger partial charge in [-0.3, -0.25) is 4.79 Å². The summed E-state index contributed by atoms with van der Waals surface area (Å²) >= 11 is 0. The summed E-state index contributed by atoms with van der Waals surface area (Å²) in [7, 11) is 0. The van der Waals surface area contributed by atoms with E-state index in [0.717, 1.165) is 46.4 Å². The molecule has 154 valence electrons. The average molecular weight is 396 g/mol. The van der Waals surface area contributed by atoms with E-state index in [-0.39, 0.29) is 21.0 Å². The van der Waals surface area contributed by atoms with Crippen LogP contribution in [0.1, 0.15) is 40.8 Å². The Balaban J connectivity index is 0.00000136. The molecule has 6 heteroatoms. The highest BCUT2D eigenvalue weighted by atomic mass is 16.7. The number of anilines is 1. The Morgan fingerprint density at radius 3 is 2.72 bits per heavy atom. The van der Waals surface area contributed by atoms with Gasteiger partial charge < -0.3 is 25.5 Å². The van der Waals surface area contributed by atoms with Crippen molar-refractivity contribution < 1.29 is 17.1 Å². The van der Waals surface area contributed by atoms with Crippen LogP contribution in [0, 0.1) is 0 Å². The number of hydrogen-bond donors (Lipinski definition) is 3. The molecule has 5 rings (SSSR count). The summed E-state index contributed by atoms with van der Waals surface area (Å²) in [6.07, 6.45) is 1.67. The molecule has 1 aliphatic heterocycles. The molecule has 4 N–H and O–H groups in total. The van der Waals surface area contributed by atoms with E-state index in [2.05, 4.69) is 30.2 Å². The van der Waals surface area contributed by atoms with Gasteiger partial charge in [0.25, 0.3) is 0 Å². The van der Waals surface area contributed by atoms with Crippen LogP contribution >= 0.6 is 0 Å². The molecule has 6 nitrogen and oxygen atoms in total. The second-order valence-electron chi connectivity index (χ2n) is 8.68. The Labute approximate surface area is 172 Å². The fourth-order valence-corrected chi connectivity index (χ4v) is 3.90. The number of rotatable bonds is 5. The molecule has 2 aromatic carbocycles. The smallest absolute Gasteiger partial charge is 0.235 e. The van der Waals surface area contributed by atoms with Crippen molar-refractivity contribution in [2.75, 3.05) is 18.7 Å². The Morgan fingerprint density at radius 2 is 1.97 bits per heavy atom. The standard InChI is InChI=1S/C23H25N3O3.2H2/c1-22(2,12-24)20-10-14-9-16(4-5-17(14)26-20)25-21(27)23(7-8-23)15-3-6-18-19(11-15)29-13-28-18;;/h3-6,9-11,26H,7-8,12-13,24H2,1-2H3,(H,25,27);2*1H. The summed E-state index contributed by atoms with van der Waals surface area (Å²) in [5, 5.41) is 4.18. The normalized spacial score (nSPS) is 16.8. The summed E-state index contributed by atoms with van der Waals surface area (Å²) in [5.41, 5.74) is 9.21. The third-order valence-electron chi connectivity index (χ3n) is 6.23. The van der Waals surface area contributed by atoms with Gasteiger partial charge in [0, 0.05) is 37.1 Å². The maximum absolute atomic E-state index is 13.1. The first-order valence-electron chi connectivity index (χ1n) is 9.96. The molecule has 2 aliphatic rings. The monoisotopic (exact) mass is 395 g/mol. The van der Waals surface area contributed by atoms with E-state index in [0.29, 0.717) is 12.3 Å². The Morgan fingerprint density at radius 1 is 1.17 bits per heavy atom. The molecule has 1 saturated carbocycles. The minimum Gasteiger partial charge on any atom is -0.454 e. The van der Waals surface area contributed by atoms with Crippen LogP contribution in [0.25, 0.3) is 10.9 Å². The molecule has 1 aromatic heterocycles. The van der Waals surface area contributed by atoms with Gasteiger partial charge in [0.2, 0.25) is 12.7 Å². The van der Waals surface area contributed by atoms with Crippen LogP contribution in [0.3, 0.4) is 0 Å². The van der Waals surface area contributed by atoms with Crippen LogP contribution in [0.15, 0.2) is 42.5 Å². The molecule has 0 unspecified atom stereocenters. The van der Waals surface area contributed by atoms with Gasteiger partial charge in [-0.15, -0.1) is 0 Å². The third-order valence-corrected chi connectivity index (χ3v) is 6.23. The van der Waals surface area contributed by atoms with E-state index in [9.17, 15) is 4.79 Å². The first-order valence-corrected chi connectivity index (χ1v) is 9.96. The molecular weight excluding hydrogens is 366 g/mol. The molecule has 1 fully saturated rings. The SMILES string of the molecule is CC(C)(CN)c1cc2cc(NC(=O)C3(c4ccc5c(c4)OCO5)CC3)ccc2[nH]1.[HH].[HH]. The molecule has 3 aromatic rings. The summed E-state index contributed by atoms with van der Waals surface area (Å²) in [6.45, 7) is 5.02. The summed E-state index contributed by atoms with van der Waals surface area (Å²) in [5.74, 6) is 1.47. The van der Waals surface area contributed by atoms with Crippen molar-refractivity contribution in [2.45, 2.75) is 37.5 Å². The topological polar surface area (TPSA) is 89.4 Å². The molecule has 0 atom stereocenters. The number of hydrogen-bond acceptors (Lipinski definition) is 4. The van der Waals surface area contributed by atoms with Crippen LogP contribution < -0.4 is 20.5 Å². The second-order valence-corrected chi connectivity index (χ2v) is 8.68. The largest absolute Gasteiger partial charge is 0.454 e. The van der Waals surface area contributed by atoms with Crippen molar-refractivity contribution in [1.82, 2.24) is 4.98 Å². The molecule has 29 heavy (non-hydrogen) atoms. The van der Waals surface area contributed by atoms with Crippen LogP contribution in [0.2, 0.25) is 0 Å². The highest BCUT2D eigenvalue weighted by molar-refractivity contribution is 6.02.